The highest BCUT2D eigenvalue weighted by molar-refractivity contribution is 6.02. The van der Waals surface area contributed by atoms with E-state index in [1.54, 1.807) is 12.1 Å². The van der Waals surface area contributed by atoms with Crippen molar-refractivity contribution in [3.05, 3.63) is 45.6 Å². The minimum atomic E-state index is -0.718. The molecule has 2 N–H and O–H groups in total. The maximum absolute atomic E-state index is 11.9. The van der Waals surface area contributed by atoms with Crippen molar-refractivity contribution in [3.8, 4) is 11.5 Å². The van der Waals surface area contributed by atoms with Crippen molar-refractivity contribution in [2.45, 2.75) is 6.92 Å². The number of carbonyl (C=O) groups is 1. The number of benzene rings is 2. The summed E-state index contributed by atoms with van der Waals surface area (Å²) in [5, 5.41) is 0. The van der Waals surface area contributed by atoms with Gasteiger partial charge < -0.3 is 14.9 Å². The second-order valence-electron chi connectivity index (χ2n) is 4.69. The van der Waals surface area contributed by atoms with Crippen LogP contribution in [-0.2, 0) is 4.74 Å². The molecule has 0 amide bonds. The van der Waals surface area contributed by atoms with Gasteiger partial charge in [-0.3, -0.25) is 4.79 Å². The van der Waals surface area contributed by atoms with Gasteiger partial charge in [0, 0.05) is 6.07 Å². The van der Waals surface area contributed by atoms with Crippen LogP contribution in [0.1, 0.15) is 15.9 Å². The molecule has 1 aromatic carbocycles. The highest BCUT2D eigenvalue weighted by atomic mass is 16.5. The maximum Gasteiger partial charge on any atom is 0.342 e. The molecule has 0 radical (unpaired) electrons. The molecule has 0 saturated carbocycles. The number of esters is 1. The molecule has 21 heavy (non-hydrogen) atoms. The third kappa shape index (κ3) is 2.01. The molecule has 2 aliphatic rings. The lowest BCUT2D eigenvalue weighted by Crippen LogP contribution is -2.18. The SMILES string of the molecule is COC(=O)c1c2nc3ccc(C)cc3oc-2cc(=O)c1N. The summed E-state index contributed by atoms with van der Waals surface area (Å²) in [6.45, 7) is 1.92. The summed E-state index contributed by atoms with van der Waals surface area (Å²) >= 11 is 0. The van der Waals surface area contributed by atoms with Crippen LogP contribution in [0.3, 0.4) is 0 Å². The summed E-state index contributed by atoms with van der Waals surface area (Å²) in [4.78, 5) is 28.1. The standard InChI is InChI=1S/C15H12N2O4/c1-7-3-4-8-10(5-7)21-11-6-9(18)13(16)12(14(11)17-8)15(19)20-2/h3-6H,16H2,1-2H3. The van der Waals surface area contributed by atoms with Crippen LogP contribution in [-0.4, -0.2) is 18.1 Å². The summed E-state index contributed by atoms with van der Waals surface area (Å²) in [5.41, 5.74) is 7.26. The van der Waals surface area contributed by atoms with E-state index in [0.29, 0.717) is 11.1 Å². The van der Waals surface area contributed by atoms with Gasteiger partial charge in [-0.1, -0.05) is 6.07 Å². The number of aryl methyl sites for hydroxylation is 1. The van der Waals surface area contributed by atoms with Crippen LogP contribution >= 0.6 is 0 Å². The zero-order chi connectivity index (χ0) is 15.1. The van der Waals surface area contributed by atoms with E-state index in [1.807, 2.05) is 13.0 Å². The lowest BCUT2D eigenvalue weighted by atomic mass is 10.1. The Balaban J connectivity index is 2.46. The van der Waals surface area contributed by atoms with Crippen LogP contribution in [0, 0.1) is 6.92 Å². The van der Waals surface area contributed by atoms with Crippen LogP contribution in [0.4, 0.5) is 5.69 Å². The maximum atomic E-state index is 11.9. The van der Waals surface area contributed by atoms with Crippen molar-refractivity contribution in [1.82, 2.24) is 4.98 Å². The van der Waals surface area contributed by atoms with Gasteiger partial charge in [0.05, 0.1) is 12.8 Å². The monoisotopic (exact) mass is 284 g/mol. The predicted octanol–water partition coefficient (Wildman–Crippen LogP) is 1.97. The molecule has 0 bridgehead atoms. The van der Waals surface area contributed by atoms with Crippen LogP contribution in [0.15, 0.2) is 33.5 Å². The first-order valence-electron chi connectivity index (χ1n) is 6.23. The molecule has 106 valence electrons. The van der Waals surface area contributed by atoms with Gasteiger partial charge in [-0.15, -0.1) is 0 Å². The molecule has 6 nitrogen and oxygen atoms in total. The van der Waals surface area contributed by atoms with Crippen LogP contribution in [0.5, 0.6) is 0 Å². The zero-order valence-corrected chi connectivity index (χ0v) is 11.5. The number of methoxy groups -OCH3 is 1. The lowest BCUT2D eigenvalue weighted by Gasteiger charge is -2.11. The fourth-order valence-corrected chi connectivity index (χ4v) is 2.17. The minimum Gasteiger partial charge on any atom is -0.465 e. The zero-order valence-electron chi connectivity index (χ0n) is 11.5. The highest BCUT2D eigenvalue weighted by Crippen LogP contribution is 2.30. The average molecular weight is 284 g/mol. The molecule has 6 heteroatoms. The van der Waals surface area contributed by atoms with Crippen molar-refractivity contribution < 1.29 is 13.9 Å². The molecule has 1 aliphatic carbocycles. The van der Waals surface area contributed by atoms with E-state index in [9.17, 15) is 9.59 Å². The first-order chi connectivity index (χ1) is 10.0. The van der Waals surface area contributed by atoms with Gasteiger partial charge >= 0.3 is 5.97 Å². The number of nitrogens with two attached hydrogens (primary N) is 1. The fourth-order valence-electron chi connectivity index (χ4n) is 2.17. The Kier molecular flexibility index (Phi) is 2.86. The predicted molar refractivity (Wildman–Crippen MR) is 77.4 cm³/mol. The fraction of sp³-hybridized carbons (Fsp3) is 0.133. The Morgan fingerprint density at radius 3 is 2.81 bits per heavy atom. The van der Waals surface area contributed by atoms with E-state index in [4.69, 9.17) is 10.2 Å². The number of rotatable bonds is 1. The Labute approximate surface area is 119 Å². The van der Waals surface area contributed by atoms with Crippen LogP contribution in [0.2, 0.25) is 0 Å². The minimum absolute atomic E-state index is 0.0637. The summed E-state index contributed by atoms with van der Waals surface area (Å²) in [7, 11) is 1.21. The Morgan fingerprint density at radius 2 is 2.10 bits per heavy atom. The second kappa shape index (κ2) is 4.59. The van der Waals surface area contributed by atoms with E-state index in [1.165, 1.54) is 13.2 Å². The number of hydrogen-bond acceptors (Lipinski definition) is 6. The second-order valence-corrected chi connectivity index (χ2v) is 4.69. The molecular formula is C15H12N2O4. The molecule has 3 rings (SSSR count). The Hall–Kier alpha value is -2.89. The van der Waals surface area contributed by atoms with Crippen molar-refractivity contribution in [1.29, 1.82) is 0 Å². The summed E-state index contributed by atoms with van der Waals surface area (Å²) in [6, 6.07) is 6.68. The first-order valence-corrected chi connectivity index (χ1v) is 6.23. The number of nitrogens with zero attached hydrogens (tertiary/aromatic N) is 1. The normalized spacial score (nSPS) is 11.0. The molecule has 0 fully saturated rings. The quantitative estimate of drug-likeness (QED) is 0.417. The number of nitrogen functional groups attached to an aromatic ring is 1. The third-order valence-corrected chi connectivity index (χ3v) is 3.22. The molecule has 1 heterocycles. The number of fused-ring (bicyclic) bond motifs is 2. The highest BCUT2D eigenvalue weighted by Gasteiger charge is 2.24. The van der Waals surface area contributed by atoms with Crippen molar-refractivity contribution in [2.75, 3.05) is 12.8 Å². The van der Waals surface area contributed by atoms with Crippen LogP contribution < -0.4 is 11.2 Å². The molecule has 0 unspecified atom stereocenters. The molecule has 0 saturated heterocycles. The molecule has 1 aliphatic heterocycles. The topological polar surface area (TPSA) is 95.4 Å². The summed E-state index contributed by atoms with van der Waals surface area (Å²) in [5.74, 6) is -0.517. The van der Waals surface area contributed by atoms with Crippen molar-refractivity contribution in [2.24, 2.45) is 0 Å². The van der Waals surface area contributed by atoms with Gasteiger partial charge in [0.25, 0.3) is 0 Å². The Bertz CT molecular complexity index is 898. The smallest absolute Gasteiger partial charge is 0.342 e. The van der Waals surface area contributed by atoms with Gasteiger partial charge in [0.2, 0.25) is 5.43 Å². The molecule has 0 spiro atoms. The van der Waals surface area contributed by atoms with E-state index in [0.717, 1.165) is 5.56 Å². The number of aromatic nitrogens is 1. The van der Waals surface area contributed by atoms with E-state index < -0.39 is 11.4 Å². The average Bonchev–Trinajstić information content (AvgIpc) is 2.46. The molecular weight excluding hydrogens is 272 g/mol. The largest absolute Gasteiger partial charge is 0.465 e. The third-order valence-electron chi connectivity index (χ3n) is 3.22. The molecule has 0 atom stereocenters. The van der Waals surface area contributed by atoms with Gasteiger partial charge in [-0.25, -0.2) is 9.78 Å². The van der Waals surface area contributed by atoms with Crippen molar-refractivity contribution >= 4 is 22.8 Å². The number of carbonyl (C=O) groups excluding carboxylic acids is 1. The van der Waals surface area contributed by atoms with Gasteiger partial charge in [0.1, 0.15) is 16.8 Å². The summed E-state index contributed by atoms with van der Waals surface area (Å²) in [6.07, 6.45) is 0. The van der Waals surface area contributed by atoms with E-state index >= 15 is 0 Å². The Morgan fingerprint density at radius 1 is 1.33 bits per heavy atom. The number of hydrogen-bond donors (Lipinski definition) is 1. The van der Waals surface area contributed by atoms with Crippen molar-refractivity contribution in [3.63, 3.8) is 0 Å². The van der Waals surface area contributed by atoms with E-state index in [-0.39, 0.29) is 22.7 Å². The lowest BCUT2D eigenvalue weighted by molar-refractivity contribution is 0.0602. The van der Waals surface area contributed by atoms with E-state index in [2.05, 4.69) is 9.72 Å². The number of anilines is 1. The van der Waals surface area contributed by atoms with Gasteiger partial charge in [-0.05, 0) is 24.6 Å². The van der Waals surface area contributed by atoms with Gasteiger partial charge in [0.15, 0.2) is 11.3 Å². The summed E-state index contributed by atoms with van der Waals surface area (Å²) < 4.78 is 10.3. The van der Waals surface area contributed by atoms with Gasteiger partial charge in [-0.2, -0.15) is 0 Å². The molecule has 1 aromatic rings. The first kappa shape index (κ1) is 13.1. The van der Waals surface area contributed by atoms with Crippen LogP contribution in [0.25, 0.3) is 22.6 Å². The number of ether oxygens (including phenoxy) is 1. The molecule has 0 aromatic heterocycles.